The van der Waals surface area contributed by atoms with Gasteiger partial charge in [-0.15, -0.1) is 0 Å². The molecule has 3 nitrogen and oxygen atoms in total. The van der Waals surface area contributed by atoms with Crippen LogP contribution in [-0.2, 0) is 6.54 Å². The molecular formula is C13H21N3S. The first-order valence-electron chi connectivity index (χ1n) is 6.19. The number of hydrogen-bond acceptors (Lipinski definition) is 4. The summed E-state index contributed by atoms with van der Waals surface area (Å²) in [5.41, 5.74) is 2.63. The van der Waals surface area contributed by atoms with Crippen molar-refractivity contribution in [2.24, 2.45) is 0 Å². The third kappa shape index (κ3) is 2.75. The van der Waals surface area contributed by atoms with E-state index in [1.165, 1.54) is 17.0 Å². The van der Waals surface area contributed by atoms with Gasteiger partial charge in [0, 0.05) is 53.8 Å². The van der Waals surface area contributed by atoms with Gasteiger partial charge in [0.05, 0.1) is 0 Å². The van der Waals surface area contributed by atoms with Gasteiger partial charge in [-0.25, -0.2) is 0 Å². The van der Waals surface area contributed by atoms with Crippen molar-refractivity contribution in [3.05, 3.63) is 24.0 Å². The minimum absolute atomic E-state index is 0.590. The SMILES string of the molecule is CNCc1cnccc1N1CCSC(C)C1C. The van der Waals surface area contributed by atoms with Gasteiger partial charge in [0.2, 0.25) is 0 Å². The van der Waals surface area contributed by atoms with Crippen LogP contribution in [0.25, 0.3) is 0 Å². The summed E-state index contributed by atoms with van der Waals surface area (Å²) in [6.07, 6.45) is 3.87. The molecule has 2 atom stereocenters. The summed E-state index contributed by atoms with van der Waals surface area (Å²) in [6, 6.07) is 2.73. The van der Waals surface area contributed by atoms with E-state index in [2.05, 4.69) is 46.9 Å². The second-order valence-corrected chi connectivity index (χ2v) is 6.03. The average Bonchev–Trinajstić information content (AvgIpc) is 2.34. The molecule has 0 amide bonds. The third-order valence-corrected chi connectivity index (χ3v) is 4.78. The fourth-order valence-corrected chi connectivity index (χ4v) is 3.40. The van der Waals surface area contributed by atoms with E-state index in [0.717, 1.165) is 13.1 Å². The van der Waals surface area contributed by atoms with Crippen molar-refractivity contribution in [2.75, 3.05) is 24.2 Å². The molecule has 0 aromatic carbocycles. The molecule has 0 bridgehead atoms. The lowest BCUT2D eigenvalue weighted by Gasteiger charge is -2.40. The summed E-state index contributed by atoms with van der Waals surface area (Å²) in [4.78, 5) is 6.75. The molecule has 0 radical (unpaired) electrons. The molecule has 1 aliphatic rings. The van der Waals surface area contributed by atoms with Gasteiger partial charge in [-0.3, -0.25) is 4.98 Å². The van der Waals surface area contributed by atoms with E-state index in [0.29, 0.717) is 11.3 Å². The molecule has 17 heavy (non-hydrogen) atoms. The van der Waals surface area contributed by atoms with Crippen LogP contribution in [0, 0.1) is 0 Å². The van der Waals surface area contributed by atoms with Gasteiger partial charge in [0.25, 0.3) is 0 Å². The Morgan fingerprint density at radius 1 is 1.53 bits per heavy atom. The molecule has 1 aromatic rings. The Bertz CT molecular complexity index is 369. The first-order valence-corrected chi connectivity index (χ1v) is 7.24. The molecule has 2 heterocycles. The van der Waals surface area contributed by atoms with Crippen LogP contribution in [0.3, 0.4) is 0 Å². The largest absolute Gasteiger partial charge is 0.367 e. The molecule has 1 fully saturated rings. The topological polar surface area (TPSA) is 28.2 Å². The van der Waals surface area contributed by atoms with Crippen LogP contribution < -0.4 is 10.2 Å². The molecule has 1 N–H and O–H groups in total. The minimum Gasteiger partial charge on any atom is -0.367 e. The molecule has 1 aliphatic heterocycles. The Labute approximate surface area is 108 Å². The standard InChI is InChI=1S/C13H21N3S/c1-10-11(2)17-7-6-16(10)13-4-5-15-9-12(13)8-14-3/h4-5,9-11,14H,6-8H2,1-3H3. The molecule has 0 saturated carbocycles. The van der Waals surface area contributed by atoms with E-state index in [-0.39, 0.29) is 0 Å². The molecule has 1 saturated heterocycles. The van der Waals surface area contributed by atoms with Crippen molar-refractivity contribution in [3.63, 3.8) is 0 Å². The number of rotatable bonds is 3. The number of hydrogen-bond donors (Lipinski definition) is 1. The first kappa shape index (κ1) is 12.7. The normalized spacial score (nSPS) is 25.0. The maximum absolute atomic E-state index is 4.23. The Hall–Kier alpha value is -0.740. The zero-order valence-electron chi connectivity index (χ0n) is 10.8. The Morgan fingerprint density at radius 3 is 3.12 bits per heavy atom. The lowest BCUT2D eigenvalue weighted by atomic mass is 10.1. The smallest absolute Gasteiger partial charge is 0.0445 e. The third-order valence-electron chi connectivity index (χ3n) is 3.44. The highest BCUT2D eigenvalue weighted by molar-refractivity contribution is 8.00. The number of anilines is 1. The van der Waals surface area contributed by atoms with E-state index in [1.807, 2.05) is 19.4 Å². The van der Waals surface area contributed by atoms with Gasteiger partial charge in [0.1, 0.15) is 0 Å². The van der Waals surface area contributed by atoms with Crippen LogP contribution in [0.1, 0.15) is 19.4 Å². The molecule has 2 rings (SSSR count). The summed E-state index contributed by atoms with van der Waals surface area (Å²) >= 11 is 2.07. The van der Waals surface area contributed by atoms with Crippen molar-refractivity contribution >= 4 is 17.4 Å². The van der Waals surface area contributed by atoms with Crippen LogP contribution in [-0.4, -0.2) is 35.6 Å². The molecule has 2 unspecified atom stereocenters. The molecule has 0 aliphatic carbocycles. The number of pyridine rings is 1. The van der Waals surface area contributed by atoms with E-state index in [9.17, 15) is 0 Å². The van der Waals surface area contributed by atoms with Gasteiger partial charge in [-0.2, -0.15) is 11.8 Å². The summed E-state index contributed by atoms with van der Waals surface area (Å²) in [6.45, 7) is 6.66. The summed E-state index contributed by atoms with van der Waals surface area (Å²) in [7, 11) is 1.98. The second-order valence-electron chi connectivity index (χ2n) is 4.54. The lowest BCUT2D eigenvalue weighted by Crippen LogP contribution is -2.45. The van der Waals surface area contributed by atoms with E-state index >= 15 is 0 Å². The van der Waals surface area contributed by atoms with Crippen molar-refractivity contribution in [3.8, 4) is 0 Å². The molecule has 1 aromatic heterocycles. The number of nitrogens with one attached hydrogen (secondary N) is 1. The highest BCUT2D eigenvalue weighted by Crippen LogP contribution is 2.30. The van der Waals surface area contributed by atoms with Gasteiger partial charge in [-0.05, 0) is 20.0 Å². The quantitative estimate of drug-likeness (QED) is 0.891. The Morgan fingerprint density at radius 2 is 2.35 bits per heavy atom. The average molecular weight is 251 g/mol. The fraction of sp³-hybridized carbons (Fsp3) is 0.615. The highest BCUT2D eigenvalue weighted by Gasteiger charge is 2.26. The number of thioether (sulfide) groups is 1. The van der Waals surface area contributed by atoms with Crippen LogP contribution >= 0.6 is 11.8 Å². The van der Waals surface area contributed by atoms with Gasteiger partial charge in [-0.1, -0.05) is 6.92 Å². The van der Waals surface area contributed by atoms with Gasteiger partial charge in [0.15, 0.2) is 0 Å². The van der Waals surface area contributed by atoms with Crippen LogP contribution in [0.2, 0.25) is 0 Å². The second kappa shape index (κ2) is 5.74. The van der Waals surface area contributed by atoms with Gasteiger partial charge >= 0.3 is 0 Å². The highest BCUT2D eigenvalue weighted by atomic mass is 32.2. The summed E-state index contributed by atoms with van der Waals surface area (Å²) in [5, 5.41) is 3.91. The van der Waals surface area contributed by atoms with E-state index in [1.54, 1.807) is 0 Å². The number of nitrogens with zero attached hydrogens (tertiary/aromatic N) is 2. The van der Waals surface area contributed by atoms with Crippen LogP contribution in [0.5, 0.6) is 0 Å². The van der Waals surface area contributed by atoms with Crippen LogP contribution in [0.4, 0.5) is 5.69 Å². The number of aromatic nitrogens is 1. The first-order chi connectivity index (χ1) is 8.24. The van der Waals surface area contributed by atoms with Crippen molar-refractivity contribution < 1.29 is 0 Å². The van der Waals surface area contributed by atoms with Crippen molar-refractivity contribution in [2.45, 2.75) is 31.7 Å². The Kier molecular flexibility index (Phi) is 4.29. The molecule has 4 heteroatoms. The van der Waals surface area contributed by atoms with Crippen LogP contribution in [0.15, 0.2) is 18.5 Å². The summed E-state index contributed by atoms with van der Waals surface area (Å²) < 4.78 is 0. The van der Waals surface area contributed by atoms with E-state index in [4.69, 9.17) is 0 Å². The maximum atomic E-state index is 4.23. The van der Waals surface area contributed by atoms with E-state index < -0.39 is 0 Å². The molecular weight excluding hydrogens is 230 g/mol. The zero-order valence-corrected chi connectivity index (χ0v) is 11.6. The predicted octanol–water partition coefficient (Wildman–Crippen LogP) is 2.13. The van der Waals surface area contributed by atoms with Crippen molar-refractivity contribution in [1.29, 1.82) is 0 Å². The fourth-order valence-electron chi connectivity index (χ4n) is 2.30. The van der Waals surface area contributed by atoms with Crippen molar-refractivity contribution in [1.82, 2.24) is 10.3 Å². The summed E-state index contributed by atoms with van der Waals surface area (Å²) in [5.74, 6) is 1.22. The van der Waals surface area contributed by atoms with Gasteiger partial charge < -0.3 is 10.2 Å². The zero-order chi connectivity index (χ0) is 12.3. The minimum atomic E-state index is 0.590. The maximum Gasteiger partial charge on any atom is 0.0445 e. The Balaban J connectivity index is 2.25. The molecule has 94 valence electrons. The lowest BCUT2D eigenvalue weighted by molar-refractivity contribution is 0.622. The predicted molar refractivity (Wildman–Crippen MR) is 75.7 cm³/mol. The molecule has 0 spiro atoms. The monoisotopic (exact) mass is 251 g/mol.